The van der Waals surface area contributed by atoms with Crippen molar-refractivity contribution in [1.29, 1.82) is 0 Å². The zero-order valence-electron chi connectivity index (χ0n) is 16.2. The summed E-state index contributed by atoms with van der Waals surface area (Å²) in [6.07, 6.45) is 1.54. The lowest BCUT2D eigenvalue weighted by molar-refractivity contribution is -0.138. The average Bonchev–Trinajstić information content (AvgIpc) is 3.03. The number of nitrogens with one attached hydrogen (secondary N) is 3. The number of rotatable bonds is 5. The van der Waals surface area contributed by atoms with E-state index in [1.807, 2.05) is 29.2 Å². The molecule has 0 bridgehead atoms. The molecule has 0 spiro atoms. The molecule has 2 aliphatic rings. The second-order valence-electron chi connectivity index (χ2n) is 8.04. The molecule has 6 nitrogen and oxygen atoms in total. The van der Waals surface area contributed by atoms with Crippen LogP contribution in [0, 0.1) is 11.8 Å². The van der Waals surface area contributed by atoms with Gasteiger partial charge in [0, 0.05) is 37.0 Å². The number of carbonyl (C=O) groups is 2. The highest BCUT2D eigenvalue weighted by molar-refractivity contribution is 6.30. The van der Waals surface area contributed by atoms with Crippen molar-refractivity contribution in [3.05, 3.63) is 34.9 Å². The number of carbonyl (C=O) groups excluding carboxylic acids is 2. The van der Waals surface area contributed by atoms with Crippen molar-refractivity contribution in [1.82, 2.24) is 21.1 Å². The summed E-state index contributed by atoms with van der Waals surface area (Å²) in [7, 11) is 0. The largest absolute Gasteiger partial charge is 0.345 e. The molecule has 4 atom stereocenters. The van der Waals surface area contributed by atoms with Crippen molar-refractivity contribution in [3.63, 3.8) is 0 Å². The summed E-state index contributed by atoms with van der Waals surface area (Å²) in [4.78, 5) is 26.6. The molecule has 27 heavy (non-hydrogen) atoms. The van der Waals surface area contributed by atoms with E-state index in [4.69, 9.17) is 11.6 Å². The maximum Gasteiger partial charge on any atom is 0.245 e. The third-order valence-corrected chi connectivity index (χ3v) is 5.69. The molecule has 7 heteroatoms. The highest BCUT2D eigenvalue weighted by Gasteiger charge is 2.42. The number of nitrogens with zero attached hydrogens (tertiary/aromatic N) is 1. The lowest BCUT2D eigenvalue weighted by Crippen LogP contribution is -2.54. The minimum Gasteiger partial charge on any atom is -0.345 e. The Balaban J connectivity index is 1.72. The Bertz CT molecular complexity index is 679. The van der Waals surface area contributed by atoms with Gasteiger partial charge in [0.05, 0.1) is 6.04 Å². The van der Waals surface area contributed by atoms with Gasteiger partial charge in [-0.05, 0) is 36.5 Å². The zero-order chi connectivity index (χ0) is 19.6. The van der Waals surface area contributed by atoms with Crippen LogP contribution in [0.5, 0.6) is 0 Å². The topological polar surface area (TPSA) is 73.5 Å². The number of likely N-dealkylation sites (tertiary alicyclic amines) is 1. The van der Waals surface area contributed by atoms with Gasteiger partial charge in [-0.15, -0.1) is 0 Å². The van der Waals surface area contributed by atoms with E-state index in [9.17, 15) is 9.59 Å². The first-order chi connectivity index (χ1) is 12.8. The first-order valence-electron chi connectivity index (χ1n) is 9.67. The van der Waals surface area contributed by atoms with Crippen molar-refractivity contribution in [2.24, 2.45) is 11.8 Å². The van der Waals surface area contributed by atoms with Gasteiger partial charge in [0.1, 0.15) is 6.04 Å². The smallest absolute Gasteiger partial charge is 0.245 e. The molecule has 2 fully saturated rings. The Morgan fingerprint density at radius 3 is 2.59 bits per heavy atom. The van der Waals surface area contributed by atoms with Gasteiger partial charge in [-0.1, -0.05) is 37.6 Å². The van der Waals surface area contributed by atoms with Crippen LogP contribution in [0.2, 0.25) is 5.02 Å². The van der Waals surface area contributed by atoms with Crippen LogP contribution >= 0.6 is 11.6 Å². The summed E-state index contributed by atoms with van der Waals surface area (Å²) in [6.45, 7) is 6.97. The van der Waals surface area contributed by atoms with Gasteiger partial charge in [-0.2, -0.15) is 0 Å². The Labute approximate surface area is 166 Å². The molecular weight excluding hydrogens is 364 g/mol. The fourth-order valence-electron chi connectivity index (χ4n) is 4.16. The van der Waals surface area contributed by atoms with Gasteiger partial charge in [-0.25, -0.2) is 5.43 Å². The number of amides is 2. The van der Waals surface area contributed by atoms with Crippen molar-refractivity contribution in [2.45, 2.75) is 51.7 Å². The zero-order valence-corrected chi connectivity index (χ0v) is 16.9. The predicted octanol–water partition coefficient (Wildman–Crippen LogP) is 2.26. The number of benzene rings is 1. The fourth-order valence-corrected chi connectivity index (χ4v) is 4.29. The quantitative estimate of drug-likeness (QED) is 0.718. The lowest BCUT2D eigenvalue weighted by atomic mass is 9.84. The van der Waals surface area contributed by atoms with Crippen LogP contribution < -0.4 is 16.2 Å². The number of piperidine rings is 1. The Hall–Kier alpha value is -1.63. The van der Waals surface area contributed by atoms with Crippen molar-refractivity contribution in [2.75, 3.05) is 13.1 Å². The Morgan fingerprint density at radius 2 is 1.96 bits per heavy atom. The van der Waals surface area contributed by atoms with E-state index in [0.29, 0.717) is 36.5 Å². The molecule has 2 heterocycles. The molecule has 2 saturated heterocycles. The average molecular weight is 393 g/mol. The van der Waals surface area contributed by atoms with E-state index in [0.717, 1.165) is 12.0 Å². The second-order valence-corrected chi connectivity index (χ2v) is 8.48. The van der Waals surface area contributed by atoms with Crippen LogP contribution in [0.1, 0.15) is 45.2 Å². The molecular formula is C20H29ClN4O2. The Kier molecular flexibility index (Phi) is 6.40. The van der Waals surface area contributed by atoms with Crippen molar-refractivity contribution >= 4 is 23.4 Å². The number of hydrogen-bond donors (Lipinski definition) is 3. The van der Waals surface area contributed by atoms with Crippen LogP contribution in [0.25, 0.3) is 0 Å². The molecule has 3 rings (SSSR count). The second kappa shape index (κ2) is 8.59. The summed E-state index contributed by atoms with van der Waals surface area (Å²) in [5.41, 5.74) is 7.93. The van der Waals surface area contributed by atoms with Gasteiger partial charge in [0.15, 0.2) is 0 Å². The Morgan fingerprint density at radius 1 is 1.26 bits per heavy atom. The summed E-state index contributed by atoms with van der Waals surface area (Å²) >= 11 is 6.01. The van der Waals surface area contributed by atoms with Crippen LogP contribution in [-0.2, 0) is 9.59 Å². The number of fused-ring (bicyclic) bond motifs is 1. The van der Waals surface area contributed by atoms with Crippen molar-refractivity contribution < 1.29 is 9.59 Å². The minimum atomic E-state index is -0.449. The summed E-state index contributed by atoms with van der Waals surface area (Å²) in [6, 6.07) is 7.87. The highest BCUT2D eigenvalue weighted by atomic mass is 35.5. The van der Waals surface area contributed by atoms with E-state index in [1.165, 1.54) is 6.92 Å². The van der Waals surface area contributed by atoms with E-state index < -0.39 is 6.04 Å². The molecule has 3 unspecified atom stereocenters. The first-order valence-corrected chi connectivity index (χ1v) is 10.1. The molecule has 0 radical (unpaired) electrons. The normalized spacial score (nSPS) is 26.0. The molecule has 1 aromatic rings. The van der Waals surface area contributed by atoms with Crippen LogP contribution in [-0.4, -0.2) is 41.9 Å². The van der Waals surface area contributed by atoms with E-state index in [2.05, 4.69) is 30.0 Å². The van der Waals surface area contributed by atoms with E-state index in [-0.39, 0.29) is 23.8 Å². The third kappa shape index (κ3) is 4.81. The molecule has 0 saturated carbocycles. The van der Waals surface area contributed by atoms with Crippen LogP contribution in [0.15, 0.2) is 24.3 Å². The summed E-state index contributed by atoms with van der Waals surface area (Å²) < 4.78 is 0. The molecule has 1 aromatic carbocycles. The predicted molar refractivity (Wildman–Crippen MR) is 106 cm³/mol. The molecule has 3 N–H and O–H groups in total. The van der Waals surface area contributed by atoms with Gasteiger partial charge < -0.3 is 10.2 Å². The maximum absolute atomic E-state index is 13.1. The van der Waals surface area contributed by atoms with Gasteiger partial charge in [0.25, 0.3) is 0 Å². The summed E-state index contributed by atoms with van der Waals surface area (Å²) in [5.74, 6) is 0.479. The molecule has 0 aliphatic carbocycles. The molecule has 148 valence electrons. The fraction of sp³-hybridized carbons (Fsp3) is 0.600. The van der Waals surface area contributed by atoms with Gasteiger partial charge in [-0.3, -0.25) is 15.0 Å². The number of halogens is 1. The molecule has 2 aliphatic heterocycles. The monoisotopic (exact) mass is 392 g/mol. The van der Waals surface area contributed by atoms with E-state index in [1.54, 1.807) is 0 Å². The lowest BCUT2D eigenvalue weighted by Gasteiger charge is -2.38. The third-order valence-electron chi connectivity index (χ3n) is 5.43. The number of hydrazine groups is 1. The summed E-state index contributed by atoms with van der Waals surface area (Å²) in [5, 5.41) is 3.56. The standard InChI is InChI=1S/C20H29ClN4O2/c1-12(2)10-18(22-13(3)26)20(27)25-9-8-17-16(11-25)19(24-23-17)14-4-6-15(21)7-5-14/h4-7,12,16-19,23-24H,8-11H2,1-3H3,(H,22,26)/t16?,17?,18-,19?/m0/s1. The van der Waals surface area contributed by atoms with Crippen LogP contribution in [0.3, 0.4) is 0 Å². The maximum atomic E-state index is 13.1. The SMILES string of the molecule is CC(=O)N[C@@H](CC(C)C)C(=O)N1CCC2NNC(c3ccc(Cl)cc3)C2C1. The van der Waals surface area contributed by atoms with Crippen molar-refractivity contribution in [3.8, 4) is 0 Å². The number of hydrogen-bond acceptors (Lipinski definition) is 4. The highest BCUT2D eigenvalue weighted by Crippen LogP contribution is 2.34. The first kappa shape index (κ1) is 20.1. The molecule has 0 aromatic heterocycles. The minimum absolute atomic E-state index is 0.0270. The van der Waals surface area contributed by atoms with E-state index >= 15 is 0 Å². The molecule has 2 amide bonds. The van der Waals surface area contributed by atoms with Gasteiger partial charge in [0.2, 0.25) is 11.8 Å². The van der Waals surface area contributed by atoms with Crippen LogP contribution in [0.4, 0.5) is 0 Å². The van der Waals surface area contributed by atoms with Gasteiger partial charge >= 0.3 is 0 Å².